The van der Waals surface area contributed by atoms with E-state index in [-0.39, 0.29) is 17.9 Å². The van der Waals surface area contributed by atoms with Crippen molar-refractivity contribution in [3.8, 4) is 16.9 Å². The standard InChI is InChI=1S/C20H19FN4O2/c1-12-7-13(9-22-8-12)15-10-23-20(25(2)19(15)26)24-11-16-14-5-6-27-18(14)4-3-17(16)21/h3-4,7-10H,5-6,11H2,1-2H3,(H,23,24). The van der Waals surface area contributed by atoms with Gasteiger partial charge in [-0.15, -0.1) is 0 Å². The Balaban J connectivity index is 1.62. The van der Waals surface area contributed by atoms with Crippen molar-refractivity contribution < 1.29 is 9.13 Å². The molecular weight excluding hydrogens is 347 g/mol. The Hall–Kier alpha value is -3.22. The van der Waals surface area contributed by atoms with Crippen LogP contribution in [0.15, 0.2) is 41.6 Å². The Labute approximate surface area is 155 Å². The lowest BCUT2D eigenvalue weighted by atomic mass is 10.0. The van der Waals surface area contributed by atoms with Gasteiger partial charge in [-0.3, -0.25) is 14.3 Å². The minimum atomic E-state index is -0.292. The third-order valence-electron chi connectivity index (χ3n) is 4.72. The predicted molar refractivity (Wildman–Crippen MR) is 100 cm³/mol. The predicted octanol–water partition coefficient (Wildman–Crippen LogP) is 2.84. The molecule has 0 bridgehead atoms. The highest BCUT2D eigenvalue weighted by molar-refractivity contribution is 5.61. The number of rotatable bonds is 4. The molecule has 0 unspecified atom stereocenters. The maximum atomic E-state index is 14.3. The summed E-state index contributed by atoms with van der Waals surface area (Å²) < 4.78 is 21.2. The van der Waals surface area contributed by atoms with Gasteiger partial charge < -0.3 is 10.1 Å². The number of benzene rings is 1. The number of ether oxygens (including phenoxy) is 1. The summed E-state index contributed by atoms with van der Waals surface area (Å²) in [5.74, 6) is 0.803. The summed E-state index contributed by atoms with van der Waals surface area (Å²) in [6, 6.07) is 4.95. The van der Waals surface area contributed by atoms with Gasteiger partial charge in [0.2, 0.25) is 5.95 Å². The van der Waals surface area contributed by atoms with Gasteiger partial charge in [0.25, 0.3) is 5.56 Å². The van der Waals surface area contributed by atoms with E-state index < -0.39 is 0 Å². The van der Waals surface area contributed by atoms with Crippen molar-refractivity contribution >= 4 is 5.95 Å². The number of aromatic nitrogens is 3. The quantitative estimate of drug-likeness (QED) is 0.769. The fourth-order valence-corrected chi connectivity index (χ4v) is 3.28. The van der Waals surface area contributed by atoms with Gasteiger partial charge in [-0.1, -0.05) is 0 Å². The molecule has 3 aromatic rings. The monoisotopic (exact) mass is 366 g/mol. The topological polar surface area (TPSA) is 69.0 Å². The number of pyridine rings is 1. The van der Waals surface area contributed by atoms with Gasteiger partial charge in [0.1, 0.15) is 11.6 Å². The molecule has 0 aliphatic carbocycles. The van der Waals surface area contributed by atoms with Crippen molar-refractivity contribution in [2.75, 3.05) is 11.9 Å². The van der Waals surface area contributed by atoms with Crippen molar-refractivity contribution in [1.82, 2.24) is 14.5 Å². The van der Waals surface area contributed by atoms with Crippen LogP contribution in [0, 0.1) is 12.7 Å². The summed E-state index contributed by atoms with van der Waals surface area (Å²) >= 11 is 0. The molecule has 1 aromatic carbocycles. The molecule has 1 N–H and O–H groups in total. The van der Waals surface area contributed by atoms with Crippen molar-refractivity contribution in [1.29, 1.82) is 0 Å². The number of hydrogen-bond acceptors (Lipinski definition) is 5. The summed E-state index contributed by atoms with van der Waals surface area (Å²) in [5.41, 5.74) is 3.38. The van der Waals surface area contributed by atoms with Gasteiger partial charge in [-0.25, -0.2) is 9.37 Å². The van der Waals surface area contributed by atoms with Crippen molar-refractivity contribution in [2.45, 2.75) is 19.9 Å². The van der Waals surface area contributed by atoms with Crippen LogP contribution >= 0.6 is 0 Å². The number of nitrogens with zero attached hydrogens (tertiary/aromatic N) is 3. The van der Waals surface area contributed by atoms with E-state index in [9.17, 15) is 9.18 Å². The van der Waals surface area contributed by atoms with E-state index in [2.05, 4.69) is 15.3 Å². The van der Waals surface area contributed by atoms with Gasteiger partial charge in [-0.05, 0) is 30.7 Å². The molecule has 0 saturated carbocycles. The zero-order valence-corrected chi connectivity index (χ0v) is 15.1. The normalized spacial score (nSPS) is 12.6. The van der Waals surface area contributed by atoms with Crippen LogP contribution in [-0.4, -0.2) is 21.1 Å². The molecule has 4 rings (SSSR count). The minimum Gasteiger partial charge on any atom is -0.493 e. The molecule has 0 spiro atoms. The molecule has 1 aliphatic rings. The van der Waals surface area contributed by atoms with Crippen LogP contribution < -0.4 is 15.6 Å². The molecule has 3 heterocycles. The largest absolute Gasteiger partial charge is 0.493 e. The average molecular weight is 366 g/mol. The summed E-state index contributed by atoms with van der Waals surface area (Å²) in [5, 5.41) is 3.07. The molecule has 1 aliphatic heterocycles. The SMILES string of the molecule is Cc1cncc(-c2cnc(NCc3c(F)ccc4c3CCO4)n(C)c2=O)c1. The second-order valence-electron chi connectivity index (χ2n) is 6.57. The Morgan fingerprint density at radius 3 is 2.96 bits per heavy atom. The maximum absolute atomic E-state index is 14.3. The lowest BCUT2D eigenvalue weighted by molar-refractivity contribution is 0.356. The van der Waals surface area contributed by atoms with E-state index >= 15 is 0 Å². The minimum absolute atomic E-state index is 0.193. The van der Waals surface area contributed by atoms with Crippen LogP contribution in [0.25, 0.3) is 11.1 Å². The van der Waals surface area contributed by atoms with Crippen LogP contribution in [0.1, 0.15) is 16.7 Å². The maximum Gasteiger partial charge on any atom is 0.262 e. The molecule has 0 atom stereocenters. The van der Waals surface area contributed by atoms with E-state index in [1.165, 1.54) is 16.8 Å². The van der Waals surface area contributed by atoms with Gasteiger partial charge in [0, 0.05) is 55.3 Å². The summed E-state index contributed by atoms with van der Waals surface area (Å²) in [7, 11) is 1.64. The van der Waals surface area contributed by atoms with Gasteiger partial charge in [0.15, 0.2) is 0 Å². The van der Waals surface area contributed by atoms with Crippen LogP contribution in [0.3, 0.4) is 0 Å². The third kappa shape index (κ3) is 3.16. The highest BCUT2D eigenvalue weighted by Crippen LogP contribution is 2.30. The number of anilines is 1. The van der Waals surface area contributed by atoms with Crippen LogP contribution in [0.2, 0.25) is 0 Å². The molecular formula is C20H19FN4O2. The van der Waals surface area contributed by atoms with Crippen LogP contribution in [0.4, 0.5) is 10.3 Å². The molecule has 2 aromatic heterocycles. The average Bonchev–Trinajstić information content (AvgIpc) is 3.13. The lowest BCUT2D eigenvalue weighted by Crippen LogP contribution is -2.23. The fourth-order valence-electron chi connectivity index (χ4n) is 3.28. The first-order valence-electron chi connectivity index (χ1n) is 8.69. The summed E-state index contributed by atoms with van der Waals surface area (Å²) in [6.45, 7) is 2.70. The first-order valence-corrected chi connectivity index (χ1v) is 8.69. The Morgan fingerprint density at radius 1 is 1.30 bits per heavy atom. The highest BCUT2D eigenvalue weighted by Gasteiger charge is 2.19. The molecule has 0 saturated heterocycles. The molecule has 0 amide bonds. The van der Waals surface area contributed by atoms with E-state index in [0.29, 0.717) is 30.1 Å². The van der Waals surface area contributed by atoms with Gasteiger partial charge in [0.05, 0.1) is 12.2 Å². The van der Waals surface area contributed by atoms with Crippen molar-refractivity contribution in [3.05, 3.63) is 69.7 Å². The van der Waals surface area contributed by atoms with Crippen LogP contribution in [-0.2, 0) is 20.0 Å². The Bertz CT molecular complexity index is 1080. The molecule has 27 heavy (non-hydrogen) atoms. The highest BCUT2D eigenvalue weighted by atomic mass is 19.1. The zero-order chi connectivity index (χ0) is 19.0. The molecule has 6 nitrogen and oxygen atoms in total. The molecule has 0 fully saturated rings. The van der Waals surface area contributed by atoms with E-state index in [0.717, 1.165) is 22.4 Å². The first-order chi connectivity index (χ1) is 13.0. The Morgan fingerprint density at radius 2 is 2.15 bits per heavy atom. The third-order valence-corrected chi connectivity index (χ3v) is 4.72. The lowest BCUT2D eigenvalue weighted by Gasteiger charge is -2.13. The number of fused-ring (bicyclic) bond motifs is 1. The molecule has 0 radical (unpaired) electrons. The van der Waals surface area contributed by atoms with E-state index in [1.807, 2.05) is 13.0 Å². The smallest absolute Gasteiger partial charge is 0.262 e. The van der Waals surface area contributed by atoms with Crippen molar-refractivity contribution in [3.63, 3.8) is 0 Å². The summed E-state index contributed by atoms with van der Waals surface area (Å²) in [4.78, 5) is 21.2. The first kappa shape index (κ1) is 17.2. The second kappa shape index (κ2) is 6.83. The summed E-state index contributed by atoms with van der Waals surface area (Å²) in [6.07, 6.45) is 5.57. The van der Waals surface area contributed by atoms with Gasteiger partial charge >= 0.3 is 0 Å². The number of halogens is 1. The zero-order valence-electron chi connectivity index (χ0n) is 15.1. The number of aryl methyl sites for hydroxylation is 1. The number of nitrogens with one attached hydrogen (secondary N) is 1. The van der Waals surface area contributed by atoms with E-state index in [1.54, 1.807) is 25.5 Å². The fraction of sp³-hybridized carbons (Fsp3) is 0.250. The molecule has 138 valence electrons. The van der Waals surface area contributed by atoms with E-state index in [4.69, 9.17) is 4.74 Å². The van der Waals surface area contributed by atoms with Crippen LogP contribution in [0.5, 0.6) is 5.75 Å². The molecule has 7 heteroatoms. The van der Waals surface area contributed by atoms with Crippen molar-refractivity contribution in [2.24, 2.45) is 7.05 Å². The Kier molecular flexibility index (Phi) is 4.35. The second-order valence-corrected chi connectivity index (χ2v) is 6.57. The van der Waals surface area contributed by atoms with Gasteiger partial charge in [-0.2, -0.15) is 0 Å². The number of hydrogen-bond donors (Lipinski definition) is 1.